The summed E-state index contributed by atoms with van der Waals surface area (Å²) in [6, 6.07) is 16.4. The Hall–Kier alpha value is -4.49. The lowest BCUT2D eigenvalue weighted by molar-refractivity contribution is -0.140. The number of hydrogen-bond acceptors (Lipinski definition) is 10. The summed E-state index contributed by atoms with van der Waals surface area (Å²) in [5, 5.41) is 10.8. The molecule has 52 heavy (non-hydrogen) atoms. The van der Waals surface area contributed by atoms with Crippen LogP contribution >= 0.6 is 0 Å². The van der Waals surface area contributed by atoms with Crippen molar-refractivity contribution in [3.63, 3.8) is 0 Å². The molecule has 1 aliphatic rings. The number of amides is 2. The minimum absolute atomic E-state index is 0.0397. The number of hydrogen-bond donors (Lipinski definition) is 2. The number of ether oxygens (including phenoxy) is 3. The van der Waals surface area contributed by atoms with E-state index in [0.29, 0.717) is 24.3 Å². The largest absolute Gasteiger partial charge is 0.490 e. The molecule has 4 rings (SSSR count). The highest BCUT2D eigenvalue weighted by atomic mass is 32.2. The molecule has 1 aliphatic carbocycles. The molecular formula is C39H51N3O9S. The molecule has 3 aromatic rings. The number of carbonyl (C=O) groups excluding carboxylic acids is 3. The topological polar surface area (TPSA) is 161 Å². The Labute approximate surface area is 306 Å². The van der Waals surface area contributed by atoms with Gasteiger partial charge >= 0.3 is 12.1 Å². The predicted molar refractivity (Wildman–Crippen MR) is 197 cm³/mol. The van der Waals surface area contributed by atoms with Gasteiger partial charge in [0.25, 0.3) is 5.91 Å². The first-order valence-corrected chi connectivity index (χ1v) is 19.5. The van der Waals surface area contributed by atoms with Gasteiger partial charge in [-0.15, -0.1) is 0 Å². The van der Waals surface area contributed by atoms with Crippen molar-refractivity contribution in [1.29, 1.82) is 0 Å². The van der Waals surface area contributed by atoms with Gasteiger partial charge in [-0.25, -0.2) is 17.9 Å². The maximum atomic E-state index is 13.3. The first-order chi connectivity index (χ1) is 24.7. The van der Waals surface area contributed by atoms with Gasteiger partial charge in [0.15, 0.2) is 0 Å². The molecular weight excluding hydrogens is 687 g/mol. The molecule has 2 N–H and O–H groups in total. The predicted octanol–water partition coefficient (Wildman–Crippen LogP) is 6.38. The Morgan fingerprint density at radius 3 is 2.33 bits per heavy atom. The third-order valence-corrected chi connectivity index (χ3v) is 9.83. The number of pyridine rings is 1. The summed E-state index contributed by atoms with van der Waals surface area (Å²) in [6.07, 6.45) is 8.13. The van der Waals surface area contributed by atoms with Crippen LogP contribution in [0.3, 0.4) is 0 Å². The van der Waals surface area contributed by atoms with E-state index in [0.717, 1.165) is 55.2 Å². The van der Waals surface area contributed by atoms with Crippen LogP contribution in [0.15, 0.2) is 67.0 Å². The van der Waals surface area contributed by atoms with Crippen molar-refractivity contribution < 1.29 is 42.1 Å². The van der Waals surface area contributed by atoms with Crippen LogP contribution in [0.1, 0.15) is 100 Å². The Bertz CT molecular complexity index is 1730. The zero-order valence-electron chi connectivity index (χ0n) is 30.5. The van der Waals surface area contributed by atoms with Gasteiger partial charge < -0.3 is 24.2 Å². The highest BCUT2D eigenvalue weighted by molar-refractivity contribution is 7.90. The number of nitrogens with one attached hydrogen (secondary N) is 1. The molecule has 0 saturated heterocycles. The van der Waals surface area contributed by atoms with Gasteiger partial charge in [0, 0.05) is 31.4 Å². The average Bonchev–Trinajstić information content (AvgIpc) is 3.36. The third kappa shape index (κ3) is 13.2. The Balaban J connectivity index is 1.50. The van der Waals surface area contributed by atoms with Gasteiger partial charge in [0.05, 0.1) is 36.7 Å². The number of benzene rings is 2. The van der Waals surface area contributed by atoms with Gasteiger partial charge in [-0.3, -0.25) is 14.6 Å². The quantitative estimate of drug-likeness (QED) is 0.102. The van der Waals surface area contributed by atoms with Gasteiger partial charge in [-0.1, -0.05) is 49.2 Å². The van der Waals surface area contributed by atoms with E-state index >= 15 is 0 Å². The number of sulfonamides is 1. The lowest BCUT2D eigenvalue weighted by Crippen LogP contribution is -2.40. The van der Waals surface area contributed by atoms with Crippen molar-refractivity contribution in [3.8, 4) is 16.9 Å². The van der Waals surface area contributed by atoms with Crippen molar-refractivity contribution in [2.24, 2.45) is 0 Å². The molecule has 1 saturated carbocycles. The molecule has 0 bridgehead atoms. The Morgan fingerprint density at radius 2 is 1.69 bits per heavy atom. The number of nitrogens with zero attached hydrogens (tertiary/aromatic N) is 2. The van der Waals surface area contributed by atoms with Crippen molar-refractivity contribution >= 4 is 28.0 Å². The van der Waals surface area contributed by atoms with Crippen molar-refractivity contribution in [2.75, 3.05) is 25.4 Å². The normalized spacial score (nSPS) is 14.5. The summed E-state index contributed by atoms with van der Waals surface area (Å²) in [4.78, 5) is 43.0. The zero-order valence-corrected chi connectivity index (χ0v) is 31.3. The molecule has 0 aliphatic heterocycles. The standard InChI is InChI=1S/C39H51N3O9S/c1-28(43)49-23-10-24-52(47,48)41-37(45)34-19-18-31(25-36(34)50-33-12-7-5-6-8-13-33)30-16-14-29(15-17-30)20-22-42(38(46)51-39(2,3)4)27-35(44)32-11-9-21-40-26-32/h9,11,14-19,21,25-26,33,35,44H,5-8,10,12-13,20,22-24,27H2,1-4H3,(H,41,45)/t35-/m0/s1. The second-order valence-electron chi connectivity index (χ2n) is 14.1. The van der Waals surface area contributed by atoms with E-state index in [1.807, 2.05) is 24.3 Å². The van der Waals surface area contributed by atoms with E-state index < -0.39 is 39.7 Å². The number of aliphatic hydroxyl groups is 1. The van der Waals surface area contributed by atoms with Crippen LogP contribution in [-0.2, 0) is 30.7 Å². The number of rotatable bonds is 15. The molecule has 0 unspecified atom stereocenters. The molecule has 2 aromatic carbocycles. The van der Waals surface area contributed by atoms with Crippen molar-refractivity contribution in [3.05, 3.63) is 83.7 Å². The molecule has 1 aromatic heterocycles. The summed E-state index contributed by atoms with van der Waals surface area (Å²) in [6.45, 7) is 6.91. The van der Waals surface area contributed by atoms with Crippen LogP contribution < -0.4 is 9.46 Å². The molecule has 0 spiro atoms. The lowest BCUT2D eigenvalue weighted by Gasteiger charge is -2.29. The van der Waals surface area contributed by atoms with Crippen LogP contribution in [-0.4, -0.2) is 78.5 Å². The fourth-order valence-corrected chi connectivity index (χ4v) is 6.83. The van der Waals surface area contributed by atoms with Crippen LogP contribution in [0.4, 0.5) is 4.79 Å². The Kier molecular flexibility index (Phi) is 14.6. The molecule has 1 atom stereocenters. The van der Waals surface area contributed by atoms with Crippen molar-refractivity contribution in [2.45, 2.75) is 96.9 Å². The second-order valence-corrected chi connectivity index (χ2v) is 15.9. The first kappa shape index (κ1) is 40.3. The maximum absolute atomic E-state index is 13.3. The van der Waals surface area contributed by atoms with Gasteiger partial charge in [-0.05, 0) is 94.2 Å². The van der Waals surface area contributed by atoms with E-state index in [-0.39, 0.29) is 37.0 Å². The highest BCUT2D eigenvalue weighted by Gasteiger charge is 2.26. The van der Waals surface area contributed by atoms with Gasteiger partial charge in [0.1, 0.15) is 11.4 Å². The SMILES string of the molecule is CC(=O)OCCCS(=O)(=O)NC(=O)c1ccc(-c2ccc(CCN(C[C@H](O)c3cccnc3)C(=O)OC(C)(C)C)cc2)cc1OC1CCCCCC1. The smallest absolute Gasteiger partial charge is 0.410 e. The molecule has 2 amide bonds. The number of aliphatic hydroxyl groups excluding tert-OH is 1. The number of aromatic nitrogens is 1. The van der Waals surface area contributed by atoms with Crippen LogP contribution in [0, 0.1) is 0 Å². The summed E-state index contributed by atoms with van der Waals surface area (Å²) >= 11 is 0. The Morgan fingerprint density at radius 1 is 1.00 bits per heavy atom. The number of esters is 1. The van der Waals surface area contributed by atoms with E-state index in [4.69, 9.17) is 14.2 Å². The minimum Gasteiger partial charge on any atom is -0.490 e. The monoisotopic (exact) mass is 737 g/mol. The first-order valence-electron chi connectivity index (χ1n) is 17.8. The molecule has 1 fully saturated rings. The fourth-order valence-electron chi connectivity index (χ4n) is 5.84. The molecule has 13 heteroatoms. The highest BCUT2D eigenvalue weighted by Crippen LogP contribution is 2.31. The minimum atomic E-state index is -3.99. The summed E-state index contributed by atoms with van der Waals surface area (Å²) in [5.41, 5.74) is 2.61. The van der Waals surface area contributed by atoms with Gasteiger partial charge in [0.2, 0.25) is 10.0 Å². The van der Waals surface area contributed by atoms with Crippen LogP contribution in [0.5, 0.6) is 5.75 Å². The average molecular weight is 738 g/mol. The lowest BCUT2D eigenvalue weighted by atomic mass is 10.0. The van der Waals surface area contributed by atoms with Crippen molar-refractivity contribution in [1.82, 2.24) is 14.6 Å². The van der Waals surface area contributed by atoms with E-state index in [1.165, 1.54) is 11.8 Å². The van der Waals surface area contributed by atoms with Gasteiger partial charge in [-0.2, -0.15) is 0 Å². The summed E-state index contributed by atoms with van der Waals surface area (Å²) in [5.74, 6) is -1.37. The zero-order chi connectivity index (χ0) is 37.7. The molecule has 282 valence electrons. The number of carbonyl (C=O) groups is 3. The van der Waals surface area contributed by atoms with E-state index in [2.05, 4.69) is 9.71 Å². The van der Waals surface area contributed by atoms with Crippen LogP contribution in [0.2, 0.25) is 0 Å². The molecule has 1 heterocycles. The van der Waals surface area contributed by atoms with E-state index in [1.54, 1.807) is 63.5 Å². The maximum Gasteiger partial charge on any atom is 0.410 e. The fraction of sp³-hybridized carbons (Fsp3) is 0.487. The molecule has 0 radical (unpaired) electrons. The summed E-state index contributed by atoms with van der Waals surface area (Å²) in [7, 11) is -3.99. The van der Waals surface area contributed by atoms with Crippen LogP contribution in [0.25, 0.3) is 11.1 Å². The second kappa shape index (κ2) is 18.8. The third-order valence-electron chi connectivity index (χ3n) is 8.50. The summed E-state index contributed by atoms with van der Waals surface area (Å²) < 4.78 is 44.4. The van der Waals surface area contributed by atoms with E-state index in [9.17, 15) is 27.9 Å². The molecule has 12 nitrogen and oxygen atoms in total.